The average Bonchev–Trinajstić information content (AvgIpc) is 3.14. The van der Waals surface area contributed by atoms with Crippen LogP contribution in [0.25, 0.3) is 0 Å². The molecule has 0 saturated heterocycles. The highest BCUT2D eigenvalue weighted by atomic mass is 127. The van der Waals surface area contributed by atoms with Gasteiger partial charge in [0, 0.05) is 23.9 Å². The third kappa shape index (κ3) is 7.64. The normalized spacial score (nSPS) is 12.2. The Morgan fingerprint density at radius 2 is 1.96 bits per heavy atom. The van der Waals surface area contributed by atoms with Gasteiger partial charge in [0.15, 0.2) is 5.96 Å². The van der Waals surface area contributed by atoms with E-state index >= 15 is 0 Å². The molecule has 1 aromatic heterocycles. The average molecular weight is 473 g/mol. The van der Waals surface area contributed by atoms with E-state index in [2.05, 4.69) is 54.1 Å². The second-order valence-corrected chi connectivity index (χ2v) is 6.64. The zero-order valence-corrected chi connectivity index (χ0v) is 18.3. The molecule has 0 aliphatic carbocycles. The van der Waals surface area contributed by atoms with Crippen molar-refractivity contribution in [1.29, 1.82) is 0 Å². The summed E-state index contributed by atoms with van der Waals surface area (Å²) in [5.74, 6) is 2.22. The fourth-order valence-electron chi connectivity index (χ4n) is 2.35. The fourth-order valence-corrected chi connectivity index (χ4v) is 3.13. The van der Waals surface area contributed by atoms with Crippen LogP contribution in [0.2, 0.25) is 0 Å². The van der Waals surface area contributed by atoms with E-state index in [9.17, 15) is 0 Å². The van der Waals surface area contributed by atoms with Crippen molar-refractivity contribution in [1.82, 2.24) is 10.6 Å². The lowest BCUT2D eigenvalue weighted by atomic mass is 10.1. The zero-order valence-electron chi connectivity index (χ0n) is 15.1. The molecular formula is C19H28IN3OS. The highest BCUT2D eigenvalue weighted by Crippen LogP contribution is 2.20. The molecule has 1 atom stereocenters. The van der Waals surface area contributed by atoms with Crippen LogP contribution in [-0.4, -0.2) is 32.7 Å². The van der Waals surface area contributed by atoms with Crippen LogP contribution in [0.4, 0.5) is 0 Å². The standard InChI is InChI=1S/C19H27N3OS.HI/c1-4-20-19(22-14-15(2)18-6-5-13-24-18)21-12-11-16-7-9-17(23-3)10-8-16;/h5-10,13,15H,4,11-12,14H2,1-3H3,(H2,20,21,22);1H. The summed E-state index contributed by atoms with van der Waals surface area (Å²) in [5.41, 5.74) is 1.28. The molecule has 1 aromatic carbocycles. The first-order valence-electron chi connectivity index (χ1n) is 8.41. The Bertz CT molecular complexity index is 614. The maximum atomic E-state index is 5.18. The van der Waals surface area contributed by atoms with E-state index in [4.69, 9.17) is 9.73 Å². The van der Waals surface area contributed by atoms with Gasteiger partial charge in [-0.25, -0.2) is 0 Å². The molecule has 0 aliphatic heterocycles. The number of hydrogen-bond donors (Lipinski definition) is 2. The molecule has 1 heterocycles. The van der Waals surface area contributed by atoms with E-state index in [1.54, 1.807) is 18.4 Å². The number of halogens is 1. The van der Waals surface area contributed by atoms with E-state index in [0.29, 0.717) is 5.92 Å². The largest absolute Gasteiger partial charge is 0.497 e. The Morgan fingerprint density at radius 3 is 2.56 bits per heavy atom. The van der Waals surface area contributed by atoms with E-state index in [1.807, 2.05) is 12.1 Å². The minimum absolute atomic E-state index is 0. The number of rotatable bonds is 8. The maximum absolute atomic E-state index is 5.18. The molecule has 0 saturated carbocycles. The first-order valence-corrected chi connectivity index (χ1v) is 9.29. The van der Waals surface area contributed by atoms with Gasteiger partial charge in [-0.1, -0.05) is 25.1 Å². The summed E-state index contributed by atoms with van der Waals surface area (Å²) >= 11 is 1.79. The maximum Gasteiger partial charge on any atom is 0.191 e. The fraction of sp³-hybridized carbons (Fsp3) is 0.421. The van der Waals surface area contributed by atoms with Crippen molar-refractivity contribution in [2.45, 2.75) is 26.2 Å². The van der Waals surface area contributed by atoms with Gasteiger partial charge in [0.2, 0.25) is 0 Å². The molecule has 6 heteroatoms. The molecular weight excluding hydrogens is 445 g/mol. The summed E-state index contributed by atoms with van der Waals surface area (Å²) in [6.07, 6.45) is 0.953. The van der Waals surface area contributed by atoms with Crippen molar-refractivity contribution in [3.8, 4) is 5.75 Å². The molecule has 0 aliphatic rings. The molecule has 0 spiro atoms. The van der Waals surface area contributed by atoms with Gasteiger partial charge in [-0.05, 0) is 42.5 Å². The minimum atomic E-state index is 0. The van der Waals surface area contributed by atoms with E-state index in [1.165, 1.54) is 10.4 Å². The molecule has 0 fully saturated rings. The Labute approximate surface area is 172 Å². The van der Waals surface area contributed by atoms with Crippen molar-refractivity contribution in [3.63, 3.8) is 0 Å². The van der Waals surface area contributed by atoms with Gasteiger partial charge < -0.3 is 15.4 Å². The summed E-state index contributed by atoms with van der Waals surface area (Å²) in [6.45, 7) is 6.81. The summed E-state index contributed by atoms with van der Waals surface area (Å²) in [7, 11) is 1.69. The van der Waals surface area contributed by atoms with Crippen LogP contribution in [-0.2, 0) is 6.42 Å². The Hall–Kier alpha value is -1.28. The number of methoxy groups -OCH3 is 1. The quantitative estimate of drug-likeness (QED) is 0.342. The van der Waals surface area contributed by atoms with E-state index < -0.39 is 0 Å². The lowest BCUT2D eigenvalue weighted by Crippen LogP contribution is -2.38. The van der Waals surface area contributed by atoms with Gasteiger partial charge >= 0.3 is 0 Å². The number of thiophene rings is 1. The Morgan fingerprint density at radius 1 is 1.20 bits per heavy atom. The predicted octanol–water partition coefficient (Wildman–Crippen LogP) is 4.28. The molecule has 4 nitrogen and oxygen atoms in total. The number of nitrogens with one attached hydrogen (secondary N) is 2. The van der Waals surface area contributed by atoms with Crippen LogP contribution in [0.1, 0.15) is 30.2 Å². The van der Waals surface area contributed by atoms with E-state index in [-0.39, 0.29) is 24.0 Å². The van der Waals surface area contributed by atoms with E-state index in [0.717, 1.165) is 37.8 Å². The smallest absolute Gasteiger partial charge is 0.191 e. The molecule has 25 heavy (non-hydrogen) atoms. The van der Waals surface area contributed by atoms with Gasteiger partial charge in [-0.2, -0.15) is 0 Å². The number of nitrogens with zero attached hydrogens (tertiary/aromatic N) is 1. The Kier molecular flexibility index (Phi) is 10.6. The van der Waals surface area contributed by atoms with Crippen LogP contribution in [0.15, 0.2) is 46.8 Å². The van der Waals surface area contributed by atoms with Crippen molar-refractivity contribution in [3.05, 3.63) is 52.2 Å². The van der Waals surface area contributed by atoms with Gasteiger partial charge in [0.1, 0.15) is 5.75 Å². The summed E-state index contributed by atoms with van der Waals surface area (Å²) in [5, 5.41) is 8.84. The van der Waals surface area contributed by atoms with Crippen LogP contribution in [0.5, 0.6) is 5.75 Å². The number of benzene rings is 1. The van der Waals surface area contributed by atoms with Crippen LogP contribution in [0, 0.1) is 0 Å². The molecule has 1 unspecified atom stereocenters. The number of guanidine groups is 1. The van der Waals surface area contributed by atoms with Crippen molar-refractivity contribution in [2.75, 3.05) is 26.7 Å². The van der Waals surface area contributed by atoms with Crippen molar-refractivity contribution < 1.29 is 4.74 Å². The zero-order chi connectivity index (χ0) is 17.2. The SMILES string of the molecule is CCNC(=NCC(C)c1cccs1)NCCc1ccc(OC)cc1.I. The molecule has 2 aromatic rings. The van der Waals surface area contributed by atoms with Crippen LogP contribution < -0.4 is 15.4 Å². The van der Waals surface area contributed by atoms with Gasteiger partial charge in [0.25, 0.3) is 0 Å². The summed E-state index contributed by atoms with van der Waals surface area (Å²) < 4.78 is 5.18. The highest BCUT2D eigenvalue weighted by molar-refractivity contribution is 14.0. The topological polar surface area (TPSA) is 45.7 Å². The van der Waals surface area contributed by atoms with Crippen molar-refractivity contribution >= 4 is 41.3 Å². The Balaban J connectivity index is 0.00000312. The first kappa shape index (κ1) is 21.8. The molecule has 0 radical (unpaired) electrons. The first-order chi connectivity index (χ1) is 11.7. The van der Waals surface area contributed by atoms with Crippen LogP contribution in [0.3, 0.4) is 0 Å². The lowest BCUT2D eigenvalue weighted by Gasteiger charge is -2.13. The summed E-state index contributed by atoms with van der Waals surface area (Å²) in [6, 6.07) is 12.5. The molecule has 138 valence electrons. The van der Waals surface area contributed by atoms with Crippen molar-refractivity contribution in [2.24, 2.45) is 4.99 Å². The molecule has 2 rings (SSSR count). The third-order valence-electron chi connectivity index (χ3n) is 3.76. The molecule has 2 N–H and O–H groups in total. The van der Waals surface area contributed by atoms with Gasteiger partial charge in [0.05, 0.1) is 13.7 Å². The predicted molar refractivity (Wildman–Crippen MR) is 119 cm³/mol. The molecule has 0 bridgehead atoms. The van der Waals surface area contributed by atoms with Gasteiger partial charge in [-0.3, -0.25) is 4.99 Å². The monoisotopic (exact) mass is 473 g/mol. The second-order valence-electron chi connectivity index (χ2n) is 5.66. The highest BCUT2D eigenvalue weighted by Gasteiger charge is 2.06. The number of aliphatic imine (C=N–C) groups is 1. The lowest BCUT2D eigenvalue weighted by molar-refractivity contribution is 0.414. The van der Waals surface area contributed by atoms with Crippen LogP contribution >= 0.6 is 35.3 Å². The number of ether oxygens (including phenoxy) is 1. The number of hydrogen-bond acceptors (Lipinski definition) is 3. The third-order valence-corrected chi connectivity index (χ3v) is 4.87. The summed E-state index contributed by atoms with van der Waals surface area (Å²) in [4.78, 5) is 6.09. The molecule has 0 amide bonds. The minimum Gasteiger partial charge on any atom is -0.497 e. The van der Waals surface area contributed by atoms with Gasteiger partial charge in [-0.15, -0.1) is 35.3 Å². The second kappa shape index (κ2) is 12.1.